The van der Waals surface area contributed by atoms with Gasteiger partial charge in [-0.05, 0) is 54.5 Å². The molecule has 0 aromatic heterocycles. The van der Waals surface area contributed by atoms with Crippen molar-refractivity contribution in [1.29, 1.82) is 5.26 Å². The van der Waals surface area contributed by atoms with Crippen molar-refractivity contribution in [3.63, 3.8) is 0 Å². The highest BCUT2D eigenvalue weighted by atomic mass is 35.5. The molecule has 1 N–H and O–H groups in total. The lowest BCUT2D eigenvalue weighted by atomic mass is 10.1. The molecule has 0 radical (unpaired) electrons. The van der Waals surface area contributed by atoms with Crippen LogP contribution < -0.4 is 19.5 Å². The van der Waals surface area contributed by atoms with Crippen molar-refractivity contribution in [1.82, 2.24) is 0 Å². The molecule has 1 amide bonds. The fraction of sp³-hybridized carbons (Fsp3) is 0.238. The van der Waals surface area contributed by atoms with E-state index >= 15 is 0 Å². The third-order valence-corrected chi connectivity index (χ3v) is 4.01. The summed E-state index contributed by atoms with van der Waals surface area (Å²) in [5.74, 6) is 1.000. The maximum atomic E-state index is 12.4. The Morgan fingerprint density at radius 3 is 2.50 bits per heavy atom. The fourth-order valence-corrected chi connectivity index (χ4v) is 2.63. The van der Waals surface area contributed by atoms with E-state index in [4.69, 9.17) is 25.8 Å². The number of ether oxygens (including phenoxy) is 3. The molecule has 0 heterocycles. The number of nitriles is 1. The highest BCUT2D eigenvalue weighted by Crippen LogP contribution is 2.37. The number of amides is 1. The van der Waals surface area contributed by atoms with Gasteiger partial charge in [-0.1, -0.05) is 18.5 Å². The number of nitrogens with one attached hydrogen (secondary N) is 1. The number of carbonyl (C=O) groups is 1. The molecule has 28 heavy (non-hydrogen) atoms. The first-order chi connectivity index (χ1) is 13.5. The molecule has 0 saturated carbocycles. The first-order valence-corrected chi connectivity index (χ1v) is 8.97. The van der Waals surface area contributed by atoms with Gasteiger partial charge in [-0.3, -0.25) is 4.79 Å². The van der Waals surface area contributed by atoms with Crippen molar-refractivity contribution in [3.05, 3.63) is 52.6 Å². The van der Waals surface area contributed by atoms with Crippen LogP contribution in [0.2, 0.25) is 5.02 Å². The highest BCUT2D eigenvalue weighted by Gasteiger charge is 2.14. The van der Waals surface area contributed by atoms with Crippen LogP contribution in [0.4, 0.5) is 5.69 Å². The van der Waals surface area contributed by atoms with E-state index in [9.17, 15) is 10.1 Å². The molecule has 0 aliphatic carbocycles. The second-order valence-electron chi connectivity index (χ2n) is 5.74. The number of benzene rings is 2. The smallest absolute Gasteiger partial charge is 0.266 e. The fourth-order valence-electron chi connectivity index (χ4n) is 2.36. The summed E-state index contributed by atoms with van der Waals surface area (Å²) in [6, 6.07) is 12.0. The van der Waals surface area contributed by atoms with Crippen molar-refractivity contribution in [2.75, 3.05) is 26.1 Å². The average Bonchev–Trinajstić information content (AvgIpc) is 2.71. The number of methoxy groups -OCH3 is 2. The summed E-state index contributed by atoms with van der Waals surface area (Å²) in [5, 5.41) is 12.4. The minimum atomic E-state index is -0.533. The molecule has 2 aromatic rings. The van der Waals surface area contributed by atoms with Gasteiger partial charge in [-0.25, -0.2) is 0 Å². The number of halogens is 1. The molecule has 7 heteroatoms. The minimum absolute atomic E-state index is 0.0730. The van der Waals surface area contributed by atoms with E-state index in [1.165, 1.54) is 13.2 Å². The van der Waals surface area contributed by atoms with Crippen LogP contribution in [-0.2, 0) is 4.79 Å². The van der Waals surface area contributed by atoms with Gasteiger partial charge in [0, 0.05) is 5.69 Å². The van der Waals surface area contributed by atoms with Gasteiger partial charge >= 0.3 is 0 Å². The predicted octanol–water partition coefficient (Wildman–Crippen LogP) is 4.69. The second kappa shape index (κ2) is 10.2. The SMILES string of the molecule is CCCOc1c(Cl)cc(/C=C(\C#N)C(=O)Nc2ccc(OC)cc2)cc1OC. The predicted molar refractivity (Wildman–Crippen MR) is 109 cm³/mol. The molecule has 0 aliphatic rings. The largest absolute Gasteiger partial charge is 0.497 e. The van der Waals surface area contributed by atoms with Crippen molar-refractivity contribution in [3.8, 4) is 23.3 Å². The molecule has 0 atom stereocenters. The van der Waals surface area contributed by atoms with Crippen LogP contribution in [0, 0.1) is 11.3 Å². The number of nitrogens with zero attached hydrogens (tertiary/aromatic N) is 1. The number of anilines is 1. The van der Waals surface area contributed by atoms with Crippen molar-refractivity contribution < 1.29 is 19.0 Å². The Bertz CT molecular complexity index is 902. The lowest BCUT2D eigenvalue weighted by Crippen LogP contribution is -2.13. The zero-order valence-corrected chi connectivity index (χ0v) is 16.7. The Balaban J connectivity index is 2.26. The molecule has 0 saturated heterocycles. The highest BCUT2D eigenvalue weighted by molar-refractivity contribution is 6.32. The van der Waals surface area contributed by atoms with E-state index in [1.54, 1.807) is 43.5 Å². The molecule has 2 rings (SSSR count). The molecule has 2 aromatic carbocycles. The summed E-state index contributed by atoms with van der Waals surface area (Å²) in [6.07, 6.45) is 2.27. The van der Waals surface area contributed by atoms with E-state index in [2.05, 4.69) is 5.32 Å². The zero-order chi connectivity index (χ0) is 20.5. The van der Waals surface area contributed by atoms with Gasteiger partial charge in [0.15, 0.2) is 11.5 Å². The molecule has 0 unspecified atom stereocenters. The van der Waals surface area contributed by atoms with Gasteiger partial charge in [0.25, 0.3) is 5.91 Å². The Morgan fingerprint density at radius 2 is 1.93 bits per heavy atom. The normalized spacial score (nSPS) is 10.8. The standard InChI is InChI=1S/C21H21ClN2O4/c1-4-9-28-20-18(22)11-14(12-19(20)27-3)10-15(13-23)21(25)24-16-5-7-17(26-2)8-6-16/h5-8,10-12H,4,9H2,1-3H3,(H,24,25)/b15-10+. The third kappa shape index (κ3) is 5.41. The zero-order valence-electron chi connectivity index (χ0n) is 15.9. The van der Waals surface area contributed by atoms with Crippen molar-refractivity contribution in [2.45, 2.75) is 13.3 Å². The van der Waals surface area contributed by atoms with Crippen LogP contribution >= 0.6 is 11.6 Å². The molecule has 6 nitrogen and oxygen atoms in total. The summed E-state index contributed by atoms with van der Waals surface area (Å²) in [4.78, 5) is 12.4. The number of hydrogen-bond donors (Lipinski definition) is 1. The quantitative estimate of drug-likeness (QED) is 0.513. The van der Waals surface area contributed by atoms with Gasteiger partial charge in [0.1, 0.15) is 17.4 Å². The van der Waals surface area contributed by atoms with Crippen LogP contribution in [0.25, 0.3) is 6.08 Å². The number of hydrogen-bond acceptors (Lipinski definition) is 5. The van der Waals surface area contributed by atoms with E-state index < -0.39 is 5.91 Å². The van der Waals surface area contributed by atoms with E-state index in [0.29, 0.717) is 40.1 Å². The molecular weight excluding hydrogens is 380 g/mol. The summed E-state index contributed by atoms with van der Waals surface area (Å²) in [7, 11) is 3.06. The Kier molecular flexibility index (Phi) is 7.73. The Labute approximate surface area is 169 Å². The maximum absolute atomic E-state index is 12.4. The lowest BCUT2D eigenvalue weighted by molar-refractivity contribution is -0.112. The molecule has 0 spiro atoms. The molecule has 0 fully saturated rings. The van der Waals surface area contributed by atoms with Gasteiger partial charge in [0.2, 0.25) is 0 Å². The first kappa shape index (κ1) is 21.1. The monoisotopic (exact) mass is 400 g/mol. The van der Waals surface area contributed by atoms with Crippen LogP contribution in [-0.4, -0.2) is 26.7 Å². The van der Waals surface area contributed by atoms with E-state index in [1.807, 2.05) is 13.0 Å². The van der Waals surface area contributed by atoms with E-state index in [0.717, 1.165) is 6.42 Å². The summed E-state index contributed by atoms with van der Waals surface area (Å²) in [5.41, 5.74) is 1.02. The Morgan fingerprint density at radius 1 is 1.21 bits per heavy atom. The van der Waals surface area contributed by atoms with Gasteiger partial charge < -0.3 is 19.5 Å². The molecule has 0 aliphatic heterocycles. The third-order valence-electron chi connectivity index (χ3n) is 3.73. The van der Waals surface area contributed by atoms with Crippen molar-refractivity contribution in [2.24, 2.45) is 0 Å². The maximum Gasteiger partial charge on any atom is 0.266 e. The van der Waals surface area contributed by atoms with E-state index in [-0.39, 0.29) is 5.57 Å². The number of rotatable bonds is 8. The minimum Gasteiger partial charge on any atom is -0.497 e. The summed E-state index contributed by atoms with van der Waals surface area (Å²) in [6.45, 7) is 2.48. The second-order valence-corrected chi connectivity index (χ2v) is 6.14. The molecular formula is C21H21ClN2O4. The number of carbonyl (C=O) groups excluding carboxylic acids is 1. The van der Waals surface area contributed by atoms with Crippen LogP contribution in [0.1, 0.15) is 18.9 Å². The Hall–Kier alpha value is -3.17. The summed E-state index contributed by atoms with van der Waals surface area (Å²) >= 11 is 6.28. The topological polar surface area (TPSA) is 80.6 Å². The lowest BCUT2D eigenvalue weighted by Gasteiger charge is -2.13. The van der Waals surface area contributed by atoms with Gasteiger partial charge in [0.05, 0.1) is 25.8 Å². The summed E-state index contributed by atoms with van der Waals surface area (Å²) < 4.78 is 16.0. The van der Waals surface area contributed by atoms with Crippen LogP contribution in [0.15, 0.2) is 42.0 Å². The average molecular weight is 401 g/mol. The molecule has 146 valence electrons. The molecule has 0 bridgehead atoms. The van der Waals surface area contributed by atoms with Crippen LogP contribution in [0.3, 0.4) is 0 Å². The van der Waals surface area contributed by atoms with Crippen LogP contribution in [0.5, 0.6) is 17.2 Å². The van der Waals surface area contributed by atoms with Crippen molar-refractivity contribution >= 4 is 29.3 Å². The van der Waals surface area contributed by atoms with Gasteiger partial charge in [-0.2, -0.15) is 5.26 Å². The first-order valence-electron chi connectivity index (χ1n) is 8.59. The van der Waals surface area contributed by atoms with Gasteiger partial charge in [-0.15, -0.1) is 0 Å².